The summed E-state index contributed by atoms with van der Waals surface area (Å²) in [5, 5.41) is 0.427. The Morgan fingerprint density at radius 3 is 1.97 bits per heavy atom. The van der Waals surface area contributed by atoms with Crippen LogP contribution in [0.1, 0.15) is 11.4 Å². The first kappa shape index (κ1) is 22.3. The van der Waals surface area contributed by atoms with Gasteiger partial charge in [-0.25, -0.2) is 18.4 Å². The lowest BCUT2D eigenvalue weighted by Gasteiger charge is -2.36. The predicted octanol–water partition coefficient (Wildman–Crippen LogP) is 2.01. The lowest BCUT2D eigenvalue weighted by molar-refractivity contribution is 0.312. The molecule has 0 unspecified atom stereocenters. The van der Waals surface area contributed by atoms with Gasteiger partial charge in [-0.15, -0.1) is 0 Å². The summed E-state index contributed by atoms with van der Waals surface area (Å²) in [5.74, 6) is 2.54. The smallest absolute Gasteiger partial charge is 0.243 e. The van der Waals surface area contributed by atoms with Crippen LogP contribution < -0.4 is 9.80 Å². The first-order chi connectivity index (χ1) is 14.7. The van der Waals surface area contributed by atoms with E-state index in [4.69, 9.17) is 11.6 Å². The molecule has 2 saturated heterocycles. The minimum absolute atomic E-state index is 0.281. The Balaban J connectivity index is 1.48. The molecule has 0 radical (unpaired) electrons. The number of sulfonamides is 1. The molecule has 0 atom stereocenters. The maximum atomic E-state index is 13.2. The van der Waals surface area contributed by atoms with Crippen LogP contribution in [0.4, 0.5) is 11.6 Å². The summed E-state index contributed by atoms with van der Waals surface area (Å²) in [6.45, 7) is 9.58. The fourth-order valence-corrected chi connectivity index (χ4v) is 5.95. The third kappa shape index (κ3) is 4.79. The van der Waals surface area contributed by atoms with Gasteiger partial charge in [-0.05, 0) is 38.6 Å². The predicted molar refractivity (Wildman–Crippen MR) is 124 cm³/mol. The number of halogens is 1. The van der Waals surface area contributed by atoms with Gasteiger partial charge in [0, 0.05) is 63.4 Å². The minimum atomic E-state index is -3.58. The van der Waals surface area contributed by atoms with Gasteiger partial charge in [0.2, 0.25) is 10.0 Å². The SMILES string of the molecule is Cc1nc(N2CCN(C)CC2)cc(N2CCN(S(=O)(=O)c3cc(Cl)ccc3C)CC2)n1. The molecule has 0 saturated carbocycles. The van der Waals surface area contributed by atoms with Crippen molar-refractivity contribution in [1.29, 1.82) is 0 Å². The van der Waals surface area contributed by atoms with Crippen molar-refractivity contribution >= 4 is 33.3 Å². The van der Waals surface area contributed by atoms with E-state index in [-0.39, 0.29) is 4.90 Å². The Kier molecular flexibility index (Phi) is 6.39. The first-order valence-electron chi connectivity index (χ1n) is 10.5. The van der Waals surface area contributed by atoms with Gasteiger partial charge in [-0.1, -0.05) is 17.7 Å². The molecule has 0 amide bonds. The maximum Gasteiger partial charge on any atom is 0.243 e. The molecule has 168 valence electrons. The Morgan fingerprint density at radius 2 is 1.39 bits per heavy atom. The van der Waals surface area contributed by atoms with Crippen LogP contribution in [0, 0.1) is 13.8 Å². The highest BCUT2D eigenvalue weighted by Gasteiger charge is 2.30. The van der Waals surface area contributed by atoms with Crippen LogP contribution in [0.2, 0.25) is 5.02 Å². The quantitative estimate of drug-likeness (QED) is 0.685. The van der Waals surface area contributed by atoms with E-state index in [2.05, 4.69) is 31.7 Å². The van der Waals surface area contributed by atoms with Gasteiger partial charge in [0.25, 0.3) is 0 Å². The molecule has 1 aromatic carbocycles. The molecule has 8 nitrogen and oxygen atoms in total. The number of rotatable bonds is 4. The van der Waals surface area contributed by atoms with Crippen LogP contribution in [0.3, 0.4) is 0 Å². The van der Waals surface area contributed by atoms with E-state index >= 15 is 0 Å². The molecule has 0 N–H and O–H groups in total. The van der Waals surface area contributed by atoms with Gasteiger partial charge >= 0.3 is 0 Å². The summed E-state index contributed by atoms with van der Waals surface area (Å²) >= 11 is 6.05. The van der Waals surface area contributed by atoms with Gasteiger partial charge in [0.1, 0.15) is 17.5 Å². The first-order valence-corrected chi connectivity index (χ1v) is 12.4. The molecular formula is C21H29ClN6O2S. The van der Waals surface area contributed by atoms with Crippen molar-refractivity contribution in [2.45, 2.75) is 18.7 Å². The average Bonchev–Trinajstić information content (AvgIpc) is 2.75. The molecule has 31 heavy (non-hydrogen) atoms. The molecule has 1 aromatic heterocycles. The molecule has 2 aliphatic heterocycles. The fraction of sp³-hybridized carbons (Fsp3) is 0.524. The second kappa shape index (κ2) is 8.90. The number of hydrogen-bond acceptors (Lipinski definition) is 7. The van der Waals surface area contributed by atoms with Crippen molar-refractivity contribution in [2.24, 2.45) is 0 Å². The number of aryl methyl sites for hydroxylation is 2. The van der Waals surface area contributed by atoms with Crippen molar-refractivity contribution in [1.82, 2.24) is 19.2 Å². The van der Waals surface area contributed by atoms with Crippen molar-refractivity contribution in [3.8, 4) is 0 Å². The number of piperazine rings is 2. The van der Waals surface area contributed by atoms with Gasteiger partial charge < -0.3 is 14.7 Å². The minimum Gasteiger partial charge on any atom is -0.354 e. The lowest BCUT2D eigenvalue weighted by atomic mass is 10.2. The zero-order chi connectivity index (χ0) is 22.2. The normalized spacial score (nSPS) is 19.1. The topological polar surface area (TPSA) is 72.9 Å². The molecule has 0 bridgehead atoms. The molecule has 2 aromatic rings. The highest BCUT2D eigenvalue weighted by atomic mass is 35.5. The summed E-state index contributed by atoms with van der Waals surface area (Å²) in [5.41, 5.74) is 0.704. The van der Waals surface area contributed by atoms with Crippen LogP contribution in [0.15, 0.2) is 29.2 Å². The van der Waals surface area contributed by atoms with Crippen LogP contribution in [0.5, 0.6) is 0 Å². The maximum absolute atomic E-state index is 13.2. The summed E-state index contributed by atoms with van der Waals surface area (Å²) in [4.78, 5) is 16.3. The number of nitrogens with zero attached hydrogens (tertiary/aromatic N) is 6. The standard InChI is InChI=1S/C21H29ClN6O2S/c1-16-4-5-18(22)14-19(16)31(29,30)28-12-10-27(11-13-28)21-15-20(23-17(2)24-21)26-8-6-25(3)7-9-26/h4-5,14-15H,6-13H2,1-3H3. The number of aromatic nitrogens is 2. The van der Waals surface area contributed by atoms with Gasteiger partial charge in [0.05, 0.1) is 4.90 Å². The van der Waals surface area contributed by atoms with E-state index in [0.717, 1.165) is 43.6 Å². The molecular weight excluding hydrogens is 436 g/mol. The lowest BCUT2D eigenvalue weighted by Crippen LogP contribution is -2.49. The highest BCUT2D eigenvalue weighted by Crippen LogP contribution is 2.26. The summed E-state index contributed by atoms with van der Waals surface area (Å²) in [6, 6.07) is 7.02. The molecule has 0 aliphatic carbocycles. The monoisotopic (exact) mass is 464 g/mol. The van der Waals surface area contributed by atoms with Gasteiger partial charge in [0.15, 0.2) is 0 Å². The fourth-order valence-electron chi connectivity index (χ4n) is 4.04. The Hall–Kier alpha value is -1.94. The third-order valence-electron chi connectivity index (χ3n) is 5.97. The largest absolute Gasteiger partial charge is 0.354 e. The molecule has 4 rings (SSSR count). The van der Waals surface area contributed by atoms with E-state index in [9.17, 15) is 8.42 Å². The molecule has 10 heteroatoms. The summed E-state index contributed by atoms with van der Waals surface area (Å²) in [6.07, 6.45) is 0. The second-order valence-electron chi connectivity index (χ2n) is 8.22. The van der Waals surface area contributed by atoms with Crippen LogP contribution in [-0.4, -0.2) is 87.0 Å². The van der Waals surface area contributed by atoms with Crippen LogP contribution in [-0.2, 0) is 10.0 Å². The van der Waals surface area contributed by atoms with E-state index in [0.29, 0.717) is 36.8 Å². The highest BCUT2D eigenvalue weighted by molar-refractivity contribution is 7.89. The van der Waals surface area contributed by atoms with Gasteiger partial charge in [-0.3, -0.25) is 0 Å². The second-order valence-corrected chi connectivity index (χ2v) is 10.6. The van der Waals surface area contributed by atoms with Crippen molar-refractivity contribution in [3.63, 3.8) is 0 Å². The van der Waals surface area contributed by atoms with Crippen LogP contribution in [0.25, 0.3) is 0 Å². The molecule has 2 aliphatic rings. The van der Waals surface area contributed by atoms with Crippen molar-refractivity contribution in [3.05, 3.63) is 40.7 Å². The van der Waals surface area contributed by atoms with Crippen LogP contribution >= 0.6 is 11.6 Å². The van der Waals surface area contributed by atoms with E-state index in [1.165, 1.54) is 10.4 Å². The summed E-state index contributed by atoms with van der Waals surface area (Å²) < 4.78 is 27.9. The van der Waals surface area contributed by atoms with E-state index in [1.54, 1.807) is 19.1 Å². The zero-order valence-corrected chi connectivity index (χ0v) is 19.8. The Morgan fingerprint density at radius 1 is 0.839 bits per heavy atom. The Bertz CT molecular complexity index is 1050. The molecule has 0 spiro atoms. The number of likely N-dealkylation sites (N-methyl/N-ethyl adjacent to an activating group) is 1. The van der Waals surface area contributed by atoms with E-state index < -0.39 is 10.0 Å². The van der Waals surface area contributed by atoms with Gasteiger partial charge in [-0.2, -0.15) is 4.31 Å². The molecule has 2 fully saturated rings. The average molecular weight is 465 g/mol. The number of hydrogen-bond donors (Lipinski definition) is 0. The van der Waals surface area contributed by atoms with Crippen molar-refractivity contribution in [2.75, 3.05) is 69.2 Å². The number of benzene rings is 1. The number of anilines is 2. The third-order valence-corrected chi connectivity index (χ3v) is 8.24. The zero-order valence-electron chi connectivity index (χ0n) is 18.3. The van der Waals surface area contributed by atoms with Crippen molar-refractivity contribution < 1.29 is 8.42 Å². The molecule has 3 heterocycles. The Labute approximate surface area is 189 Å². The van der Waals surface area contributed by atoms with E-state index in [1.807, 2.05) is 13.0 Å². The summed E-state index contributed by atoms with van der Waals surface area (Å²) in [7, 11) is -1.45.